The Morgan fingerprint density at radius 1 is 0.727 bits per heavy atom. The highest BCUT2D eigenvalue weighted by Crippen LogP contribution is 2.20. The monoisotopic (exact) mass is 306 g/mol. The van der Waals surface area contributed by atoms with Crippen LogP contribution in [-0.2, 0) is 0 Å². The number of rotatable bonds is 4. The minimum absolute atomic E-state index is 0.342. The number of carboxylic acids is 1. The van der Waals surface area contributed by atoms with Crippen LogP contribution in [-0.4, -0.2) is 11.1 Å². The maximum absolute atomic E-state index is 11.3. The van der Waals surface area contributed by atoms with Crippen LogP contribution >= 0.6 is 8.58 Å². The molecule has 0 saturated heterocycles. The van der Waals surface area contributed by atoms with Crippen LogP contribution in [0.1, 0.15) is 10.4 Å². The molecule has 0 aliphatic carbocycles. The lowest BCUT2D eigenvalue weighted by Gasteiger charge is -2.07. The SMILES string of the molecule is O=C(O)c1ccccc1Pc1ccc(-c2ccccc2)cc1. The van der Waals surface area contributed by atoms with Crippen molar-refractivity contribution in [2.45, 2.75) is 0 Å². The van der Waals surface area contributed by atoms with Gasteiger partial charge in [0.2, 0.25) is 0 Å². The fraction of sp³-hybridized carbons (Fsp3) is 0. The fourth-order valence-corrected chi connectivity index (χ4v) is 3.46. The van der Waals surface area contributed by atoms with Gasteiger partial charge in [-0.1, -0.05) is 81.4 Å². The molecule has 3 heteroatoms. The number of hydrogen-bond donors (Lipinski definition) is 1. The van der Waals surface area contributed by atoms with E-state index in [1.165, 1.54) is 11.1 Å². The molecule has 3 aromatic carbocycles. The van der Waals surface area contributed by atoms with Gasteiger partial charge in [0.25, 0.3) is 0 Å². The van der Waals surface area contributed by atoms with Crippen LogP contribution in [0.3, 0.4) is 0 Å². The smallest absolute Gasteiger partial charge is 0.336 e. The van der Waals surface area contributed by atoms with Crippen LogP contribution in [0.5, 0.6) is 0 Å². The van der Waals surface area contributed by atoms with Gasteiger partial charge in [-0.2, -0.15) is 0 Å². The number of carbonyl (C=O) groups is 1. The maximum atomic E-state index is 11.3. The Morgan fingerprint density at radius 2 is 1.32 bits per heavy atom. The van der Waals surface area contributed by atoms with Crippen molar-refractivity contribution in [3.8, 4) is 11.1 Å². The van der Waals surface area contributed by atoms with Gasteiger partial charge in [0, 0.05) is 0 Å². The molecular weight excluding hydrogens is 291 g/mol. The van der Waals surface area contributed by atoms with Crippen molar-refractivity contribution in [3.05, 3.63) is 84.4 Å². The molecule has 0 aliphatic heterocycles. The van der Waals surface area contributed by atoms with Gasteiger partial charge < -0.3 is 5.11 Å². The van der Waals surface area contributed by atoms with E-state index in [1.807, 2.05) is 30.3 Å². The first kappa shape index (κ1) is 14.5. The van der Waals surface area contributed by atoms with Crippen molar-refractivity contribution >= 4 is 25.2 Å². The lowest BCUT2D eigenvalue weighted by Crippen LogP contribution is -2.13. The molecule has 0 amide bonds. The molecule has 108 valence electrons. The van der Waals surface area contributed by atoms with Gasteiger partial charge in [-0.3, -0.25) is 0 Å². The Bertz CT molecular complexity index is 780. The summed E-state index contributed by atoms with van der Waals surface area (Å²) in [6.07, 6.45) is 0. The van der Waals surface area contributed by atoms with E-state index in [9.17, 15) is 9.90 Å². The van der Waals surface area contributed by atoms with Crippen molar-refractivity contribution in [2.24, 2.45) is 0 Å². The third kappa shape index (κ3) is 3.24. The predicted octanol–water partition coefficient (Wildman–Crippen LogP) is 3.68. The quantitative estimate of drug-likeness (QED) is 0.747. The normalized spacial score (nSPS) is 10.9. The molecule has 2 nitrogen and oxygen atoms in total. The van der Waals surface area contributed by atoms with E-state index < -0.39 is 5.97 Å². The van der Waals surface area contributed by atoms with E-state index in [0.29, 0.717) is 14.1 Å². The van der Waals surface area contributed by atoms with E-state index in [4.69, 9.17) is 0 Å². The molecule has 22 heavy (non-hydrogen) atoms. The van der Waals surface area contributed by atoms with Crippen molar-refractivity contribution in [3.63, 3.8) is 0 Å². The first-order valence-electron chi connectivity index (χ1n) is 6.99. The molecule has 0 radical (unpaired) electrons. The van der Waals surface area contributed by atoms with Crippen molar-refractivity contribution in [1.82, 2.24) is 0 Å². The molecule has 1 N–H and O–H groups in total. The summed E-state index contributed by atoms with van der Waals surface area (Å²) in [5, 5.41) is 11.2. The van der Waals surface area contributed by atoms with Gasteiger partial charge in [-0.05, 0) is 27.8 Å². The third-order valence-corrected chi connectivity index (χ3v) is 4.76. The Hall–Kier alpha value is -2.44. The Balaban J connectivity index is 1.84. The second-order valence-electron chi connectivity index (χ2n) is 4.92. The highest BCUT2D eigenvalue weighted by molar-refractivity contribution is 7.55. The molecule has 0 aliphatic rings. The van der Waals surface area contributed by atoms with Crippen LogP contribution < -0.4 is 10.6 Å². The predicted molar refractivity (Wildman–Crippen MR) is 92.9 cm³/mol. The standard InChI is InChI=1S/C19H15O2P/c20-19(21)17-8-4-5-9-18(17)22-16-12-10-15(11-13-16)14-6-2-1-3-7-14/h1-13,22H,(H,20,21). The van der Waals surface area contributed by atoms with Crippen LogP contribution in [0.15, 0.2) is 78.9 Å². The van der Waals surface area contributed by atoms with Crippen molar-refractivity contribution < 1.29 is 9.90 Å². The fourth-order valence-electron chi connectivity index (χ4n) is 2.31. The van der Waals surface area contributed by atoms with Crippen molar-refractivity contribution in [1.29, 1.82) is 0 Å². The molecule has 0 fully saturated rings. The lowest BCUT2D eigenvalue weighted by atomic mass is 10.1. The first-order chi connectivity index (χ1) is 10.7. The number of benzene rings is 3. The van der Waals surface area contributed by atoms with E-state index >= 15 is 0 Å². The van der Waals surface area contributed by atoms with Crippen LogP contribution in [0.25, 0.3) is 11.1 Å². The average Bonchev–Trinajstić information content (AvgIpc) is 2.57. The van der Waals surface area contributed by atoms with Gasteiger partial charge >= 0.3 is 5.97 Å². The van der Waals surface area contributed by atoms with Crippen molar-refractivity contribution in [2.75, 3.05) is 0 Å². The summed E-state index contributed by atoms with van der Waals surface area (Å²) in [7, 11) is 0.342. The summed E-state index contributed by atoms with van der Waals surface area (Å²) in [6, 6.07) is 25.7. The maximum Gasteiger partial charge on any atom is 0.336 e. The molecule has 1 atom stereocenters. The Morgan fingerprint density at radius 3 is 2.00 bits per heavy atom. The van der Waals surface area contributed by atoms with Gasteiger partial charge in [-0.15, -0.1) is 0 Å². The highest BCUT2D eigenvalue weighted by Gasteiger charge is 2.09. The van der Waals surface area contributed by atoms with Gasteiger partial charge in [0.05, 0.1) is 5.56 Å². The lowest BCUT2D eigenvalue weighted by molar-refractivity contribution is 0.0698. The zero-order valence-corrected chi connectivity index (χ0v) is 12.9. The molecule has 0 heterocycles. The van der Waals surface area contributed by atoms with E-state index in [2.05, 4.69) is 36.4 Å². The first-order valence-corrected chi connectivity index (χ1v) is 7.99. The van der Waals surface area contributed by atoms with E-state index in [-0.39, 0.29) is 0 Å². The number of hydrogen-bond acceptors (Lipinski definition) is 1. The van der Waals surface area contributed by atoms with Gasteiger partial charge in [0.15, 0.2) is 0 Å². The van der Waals surface area contributed by atoms with Gasteiger partial charge in [0.1, 0.15) is 0 Å². The second kappa shape index (κ2) is 6.55. The molecule has 1 unspecified atom stereocenters. The summed E-state index contributed by atoms with van der Waals surface area (Å²) in [6.45, 7) is 0. The van der Waals surface area contributed by atoms with E-state index in [0.717, 1.165) is 10.6 Å². The second-order valence-corrected chi connectivity index (χ2v) is 6.29. The zero-order chi connectivity index (χ0) is 15.4. The minimum atomic E-state index is -0.871. The van der Waals surface area contributed by atoms with E-state index in [1.54, 1.807) is 12.1 Å². The molecular formula is C19H15O2P. The Kier molecular flexibility index (Phi) is 4.32. The topological polar surface area (TPSA) is 37.3 Å². The minimum Gasteiger partial charge on any atom is -0.478 e. The molecule has 3 aromatic rings. The summed E-state index contributed by atoms with van der Waals surface area (Å²) in [5.41, 5.74) is 2.73. The number of carboxylic acid groups (broad SMARTS) is 1. The van der Waals surface area contributed by atoms with Crippen LogP contribution in [0.4, 0.5) is 0 Å². The molecule has 0 saturated carbocycles. The average molecular weight is 306 g/mol. The molecule has 0 bridgehead atoms. The molecule has 0 spiro atoms. The highest BCUT2D eigenvalue weighted by atomic mass is 31.1. The van der Waals surface area contributed by atoms with Crippen LogP contribution in [0.2, 0.25) is 0 Å². The molecule has 3 rings (SSSR count). The molecule has 0 aromatic heterocycles. The van der Waals surface area contributed by atoms with Crippen LogP contribution in [0, 0.1) is 0 Å². The number of aromatic carboxylic acids is 1. The summed E-state index contributed by atoms with van der Waals surface area (Å²) in [4.78, 5) is 11.3. The Labute approximate surface area is 131 Å². The largest absolute Gasteiger partial charge is 0.478 e. The zero-order valence-electron chi connectivity index (χ0n) is 11.9. The summed E-state index contributed by atoms with van der Waals surface area (Å²) >= 11 is 0. The summed E-state index contributed by atoms with van der Waals surface area (Å²) < 4.78 is 0. The third-order valence-electron chi connectivity index (χ3n) is 3.43. The van der Waals surface area contributed by atoms with Gasteiger partial charge in [-0.25, -0.2) is 4.79 Å². The summed E-state index contributed by atoms with van der Waals surface area (Å²) in [5.74, 6) is -0.871.